The van der Waals surface area contributed by atoms with Gasteiger partial charge in [-0.1, -0.05) is 30.3 Å². The number of hydrogen-bond acceptors (Lipinski definition) is 3. The minimum Gasteiger partial charge on any atom is -0.307 e. The summed E-state index contributed by atoms with van der Waals surface area (Å²) in [4.78, 5) is 19.2. The van der Waals surface area contributed by atoms with Crippen LogP contribution >= 0.6 is 0 Å². The summed E-state index contributed by atoms with van der Waals surface area (Å²) in [7, 11) is 0. The van der Waals surface area contributed by atoms with Crippen molar-refractivity contribution in [2.45, 2.75) is 26.0 Å². The third kappa shape index (κ3) is 3.04. The van der Waals surface area contributed by atoms with Gasteiger partial charge in [-0.25, -0.2) is 9.86 Å². The molecule has 0 spiro atoms. The summed E-state index contributed by atoms with van der Waals surface area (Å²) in [6.07, 6.45) is 0.616. The number of benzene rings is 1. The van der Waals surface area contributed by atoms with E-state index in [1.807, 2.05) is 37.3 Å². The van der Waals surface area contributed by atoms with Gasteiger partial charge in [-0.2, -0.15) is 5.26 Å². The van der Waals surface area contributed by atoms with Gasteiger partial charge in [0.05, 0.1) is 12.6 Å². The molecule has 5 heteroatoms. The minimum absolute atomic E-state index is 0.226. The molecular weight excluding hydrogens is 242 g/mol. The van der Waals surface area contributed by atoms with E-state index in [1.54, 1.807) is 0 Å². The monoisotopic (exact) mass is 259 g/mol. The van der Waals surface area contributed by atoms with Gasteiger partial charge in [-0.3, -0.25) is 4.84 Å². The predicted octanol–water partition coefficient (Wildman–Crippen LogP) is 2.16. The molecule has 1 atom stereocenters. The first-order valence-electron chi connectivity index (χ1n) is 6.41. The van der Waals surface area contributed by atoms with Gasteiger partial charge in [0.15, 0.2) is 0 Å². The fraction of sp³-hybridized carbons (Fsp3) is 0.429. The zero-order valence-electron chi connectivity index (χ0n) is 11.0. The molecule has 0 aromatic heterocycles. The first-order valence-corrected chi connectivity index (χ1v) is 6.41. The molecule has 1 fully saturated rings. The van der Waals surface area contributed by atoms with Crippen LogP contribution in [0.15, 0.2) is 30.3 Å². The molecule has 1 aromatic carbocycles. The molecule has 1 saturated heterocycles. The molecule has 0 aliphatic carbocycles. The van der Waals surface area contributed by atoms with Crippen molar-refractivity contribution in [3.8, 4) is 6.07 Å². The number of rotatable bonds is 4. The Bertz CT molecular complexity index is 469. The van der Waals surface area contributed by atoms with Crippen LogP contribution in [0.4, 0.5) is 4.79 Å². The van der Waals surface area contributed by atoms with Crippen molar-refractivity contribution in [3.63, 3.8) is 0 Å². The Morgan fingerprint density at radius 2 is 2.16 bits per heavy atom. The number of amides is 2. The normalized spacial score (nSPS) is 19.4. The number of urea groups is 1. The van der Waals surface area contributed by atoms with Crippen LogP contribution < -0.4 is 0 Å². The molecule has 0 saturated carbocycles. The quantitative estimate of drug-likeness (QED) is 0.832. The molecule has 1 aliphatic rings. The van der Waals surface area contributed by atoms with E-state index in [4.69, 9.17) is 10.1 Å². The fourth-order valence-corrected chi connectivity index (χ4v) is 2.10. The average molecular weight is 259 g/mol. The van der Waals surface area contributed by atoms with Gasteiger partial charge in [-0.05, 0) is 12.5 Å². The van der Waals surface area contributed by atoms with E-state index in [-0.39, 0.29) is 12.1 Å². The molecule has 0 unspecified atom stereocenters. The smallest absolute Gasteiger partial charge is 0.307 e. The summed E-state index contributed by atoms with van der Waals surface area (Å²) in [5, 5.41) is 10.4. The molecule has 0 radical (unpaired) electrons. The zero-order chi connectivity index (χ0) is 13.7. The fourth-order valence-electron chi connectivity index (χ4n) is 2.10. The minimum atomic E-state index is -0.339. The molecule has 19 heavy (non-hydrogen) atoms. The molecule has 100 valence electrons. The molecule has 0 bridgehead atoms. The number of carbonyl (C=O) groups is 1. The van der Waals surface area contributed by atoms with E-state index < -0.39 is 0 Å². The number of nitrogens with zero attached hydrogens (tertiary/aromatic N) is 3. The largest absolute Gasteiger partial charge is 0.345 e. The Kier molecular flexibility index (Phi) is 4.37. The lowest BCUT2D eigenvalue weighted by Gasteiger charge is -2.36. The number of hydroxylamine groups is 2. The highest BCUT2D eigenvalue weighted by molar-refractivity contribution is 5.75. The van der Waals surface area contributed by atoms with Crippen LogP contribution in [0.2, 0.25) is 0 Å². The van der Waals surface area contributed by atoms with Crippen LogP contribution in [0, 0.1) is 11.3 Å². The maximum atomic E-state index is 12.1. The van der Waals surface area contributed by atoms with E-state index in [9.17, 15) is 4.79 Å². The van der Waals surface area contributed by atoms with E-state index in [0.717, 1.165) is 5.56 Å². The predicted molar refractivity (Wildman–Crippen MR) is 69.7 cm³/mol. The Hall–Kier alpha value is -2.06. The van der Waals surface area contributed by atoms with Crippen molar-refractivity contribution in [3.05, 3.63) is 35.9 Å². The third-order valence-corrected chi connectivity index (χ3v) is 3.16. The van der Waals surface area contributed by atoms with Crippen LogP contribution in [-0.2, 0) is 11.4 Å². The van der Waals surface area contributed by atoms with Gasteiger partial charge in [0.1, 0.15) is 12.6 Å². The number of hydrogen-bond donors (Lipinski definition) is 0. The second-order valence-corrected chi connectivity index (χ2v) is 4.36. The van der Waals surface area contributed by atoms with Crippen LogP contribution in [0.25, 0.3) is 0 Å². The van der Waals surface area contributed by atoms with Crippen LogP contribution in [0.3, 0.4) is 0 Å². The second-order valence-electron chi connectivity index (χ2n) is 4.36. The number of nitriles is 1. The summed E-state index contributed by atoms with van der Waals surface area (Å²) in [5.74, 6) is 0. The lowest BCUT2D eigenvalue weighted by atomic mass is 10.1. The van der Waals surface area contributed by atoms with Crippen molar-refractivity contribution in [2.24, 2.45) is 0 Å². The Balaban J connectivity index is 1.95. The highest BCUT2D eigenvalue weighted by atomic mass is 16.7. The van der Waals surface area contributed by atoms with Crippen molar-refractivity contribution in [1.29, 1.82) is 5.26 Å². The molecular formula is C14H17N3O2. The molecule has 2 rings (SSSR count). The van der Waals surface area contributed by atoms with Gasteiger partial charge in [0, 0.05) is 13.0 Å². The number of carbonyl (C=O) groups excluding carboxylic acids is 1. The molecule has 1 heterocycles. The first kappa shape index (κ1) is 13.4. The summed E-state index contributed by atoms with van der Waals surface area (Å²) in [5.41, 5.74) is 1.01. The first-order chi connectivity index (χ1) is 9.26. The summed E-state index contributed by atoms with van der Waals surface area (Å²) < 4.78 is 0. The van der Waals surface area contributed by atoms with Gasteiger partial charge in [0.2, 0.25) is 0 Å². The van der Waals surface area contributed by atoms with E-state index >= 15 is 0 Å². The van der Waals surface area contributed by atoms with Gasteiger partial charge in [-0.15, -0.1) is 0 Å². The molecule has 0 N–H and O–H groups in total. The van der Waals surface area contributed by atoms with Crippen LogP contribution in [0.1, 0.15) is 18.9 Å². The standard InChI is InChI=1S/C14H17N3O2/c1-2-16-13(10-15)8-9-17(14(16)18)19-11-12-6-4-3-5-7-12/h3-7,13H,2,8-9,11H2,1H3/t13-/m0/s1. The Morgan fingerprint density at radius 3 is 2.79 bits per heavy atom. The molecule has 2 amide bonds. The molecule has 5 nitrogen and oxygen atoms in total. The second kappa shape index (κ2) is 6.21. The SMILES string of the molecule is CCN1C(=O)N(OCc2ccccc2)CC[C@H]1C#N. The van der Waals surface area contributed by atoms with Crippen LogP contribution in [-0.4, -0.2) is 35.1 Å². The highest BCUT2D eigenvalue weighted by Gasteiger charge is 2.32. The Labute approximate surface area is 112 Å². The van der Waals surface area contributed by atoms with E-state index in [2.05, 4.69) is 6.07 Å². The van der Waals surface area contributed by atoms with Gasteiger partial charge >= 0.3 is 6.03 Å². The molecule has 1 aromatic rings. The van der Waals surface area contributed by atoms with Gasteiger partial charge < -0.3 is 4.90 Å². The molecule has 1 aliphatic heterocycles. The van der Waals surface area contributed by atoms with Crippen molar-refractivity contribution in [2.75, 3.05) is 13.1 Å². The average Bonchev–Trinajstić information content (AvgIpc) is 2.46. The Morgan fingerprint density at radius 1 is 1.42 bits per heavy atom. The maximum absolute atomic E-state index is 12.1. The van der Waals surface area contributed by atoms with Gasteiger partial charge in [0.25, 0.3) is 0 Å². The van der Waals surface area contributed by atoms with Crippen molar-refractivity contribution in [1.82, 2.24) is 9.96 Å². The third-order valence-electron chi connectivity index (χ3n) is 3.16. The maximum Gasteiger partial charge on any atom is 0.345 e. The summed E-state index contributed by atoms with van der Waals surface area (Å²) in [6, 6.07) is 11.3. The summed E-state index contributed by atoms with van der Waals surface area (Å²) >= 11 is 0. The highest BCUT2D eigenvalue weighted by Crippen LogP contribution is 2.16. The van der Waals surface area contributed by atoms with Crippen LogP contribution in [0.5, 0.6) is 0 Å². The van der Waals surface area contributed by atoms with Crippen molar-refractivity contribution < 1.29 is 9.63 Å². The zero-order valence-corrected chi connectivity index (χ0v) is 11.0. The van der Waals surface area contributed by atoms with E-state index in [1.165, 1.54) is 9.96 Å². The lowest BCUT2D eigenvalue weighted by Crippen LogP contribution is -2.53. The summed E-state index contributed by atoms with van der Waals surface area (Å²) in [6.45, 7) is 3.20. The van der Waals surface area contributed by atoms with E-state index in [0.29, 0.717) is 26.1 Å². The lowest BCUT2D eigenvalue weighted by molar-refractivity contribution is -0.148. The topological polar surface area (TPSA) is 56.6 Å². The van der Waals surface area contributed by atoms with Crippen molar-refractivity contribution >= 4 is 6.03 Å².